The molecule has 2 amide bonds. The number of alkyl halides is 3. The Morgan fingerprint density at radius 2 is 1.86 bits per heavy atom. The van der Waals surface area contributed by atoms with Crippen molar-refractivity contribution in [1.82, 2.24) is 24.3 Å². The third kappa shape index (κ3) is 5.85. The maximum Gasteiger partial charge on any atom is 0.573 e. The highest BCUT2D eigenvalue weighted by molar-refractivity contribution is 5.92. The number of hydrogen-bond acceptors (Lipinski definition) is 6. The molecule has 0 radical (unpaired) electrons. The smallest absolute Gasteiger partial charge is 0.406 e. The molecule has 0 spiro atoms. The van der Waals surface area contributed by atoms with Crippen molar-refractivity contribution < 1.29 is 27.5 Å². The summed E-state index contributed by atoms with van der Waals surface area (Å²) in [5.41, 5.74) is 8.30. The molecule has 12 heteroatoms. The number of pyridine rings is 1. The van der Waals surface area contributed by atoms with E-state index < -0.39 is 12.3 Å². The summed E-state index contributed by atoms with van der Waals surface area (Å²) in [5.74, 6) is 0.979. The van der Waals surface area contributed by atoms with E-state index in [-0.39, 0.29) is 29.8 Å². The second-order valence-corrected chi connectivity index (χ2v) is 11.5. The average molecular weight is 583 g/mol. The molecule has 3 aromatic rings. The molecule has 4 heterocycles. The fraction of sp³-hybridized carbons (Fsp3) is 0.467. The van der Waals surface area contributed by atoms with Crippen molar-refractivity contribution in [2.45, 2.75) is 38.1 Å². The molecule has 2 saturated heterocycles. The maximum absolute atomic E-state index is 13.2. The normalized spacial score (nSPS) is 23.7. The maximum atomic E-state index is 13.2. The average Bonchev–Trinajstić information content (AvgIpc) is 3.34. The minimum absolute atomic E-state index is 0.108. The topological polar surface area (TPSA) is 107 Å². The van der Waals surface area contributed by atoms with E-state index in [0.29, 0.717) is 42.1 Å². The fourth-order valence-electron chi connectivity index (χ4n) is 6.88. The number of likely N-dealkylation sites (tertiary alicyclic amines) is 2. The summed E-state index contributed by atoms with van der Waals surface area (Å²) in [7, 11) is 1.80. The molecule has 1 saturated carbocycles. The first-order valence-corrected chi connectivity index (χ1v) is 14.2. The van der Waals surface area contributed by atoms with Crippen LogP contribution in [0.2, 0.25) is 0 Å². The number of carbonyl (C=O) groups excluding carboxylic acids is 2. The Balaban J connectivity index is 1.07. The summed E-state index contributed by atoms with van der Waals surface area (Å²) in [6, 6.07) is 9.79. The molecule has 3 unspecified atom stereocenters. The first-order chi connectivity index (χ1) is 20.1. The first kappa shape index (κ1) is 28.2. The van der Waals surface area contributed by atoms with E-state index in [2.05, 4.69) is 19.6 Å². The Morgan fingerprint density at radius 3 is 2.55 bits per heavy atom. The highest BCUT2D eigenvalue weighted by Crippen LogP contribution is 2.53. The zero-order valence-corrected chi connectivity index (χ0v) is 23.3. The van der Waals surface area contributed by atoms with Gasteiger partial charge >= 0.3 is 6.36 Å². The van der Waals surface area contributed by atoms with Crippen molar-refractivity contribution in [3.63, 3.8) is 0 Å². The van der Waals surface area contributed by atoms with Crippen LogP contribution in [0.4, 0.5) is 13.2 Å². The molecule has 3 atom stereocenters. The van der Waals surface area contributed by atoms with E-state index >= 15 is 0 Å². The van der Waals surface area contributed by atoms with Gasteiger partial charge in [-0.3, -0.25) is 19.5 Å². The first-order valence-electron chi connectivity index (χ1n) is 14.2. The fourth-order valence-corrected chi connectivity index (χ4v) is 6.88. The molecule has 2 aromatic heterocycles. The number of hydrogen-bond donors (Lipinski definition) is 1. The summed E-state index contributed by atoms with van der Waals surface area (Å²) in [6.07, 6.45) is 1.56. The van der Waals surface area contributed by atoms with Gasteiger partial charge in [0, 0.05) is 45.5 Å². The van der Waals surface area contributed by atoms with Crippen LogP contribution in [-0.2, 0) is 24.7 Å². The van der Waals surface area contributed by atoms with Gasteiger partial charge in [-0.1, -0.05) is 12.1 Å². The number of primary amides is 1. The van der Waals surface area contributed by atoms with Gasteiger partial charge in [-0.05, 0) is 72.4 Å². The molecule has 1 aliphatic carbocycles. The molecule has 9 nitrogen and oxygen atoms in total. The molecule has 2 N–H and O–H groups in total. The molecule has 1 aromatic carbocycles. The summed E-state index contributed by atoms with van der Waals surface area (Å²) in [4.78, 5) is 38.3. The molecule has 222 valence electrons. The second kappa shape index (κ2) is 11.0. The van der Waals surface area contributed by atoms with Crippen LogP contribution in [0, 0.1) is 17.8 Å². The van der Waals surface area contributed by atoms with Crippen LogP contribution in [0.15, 0.2) is 48.8 Å². The number of carbonyl (C=O) groups is 2. The van der Waals surface area contributed by atoms with Crippen LogP contribution in [0.5, 0.6) is 5.75 Å². The van der Waals surface area contributed by atoms with Gasteiger partial charge in [0.25, 0.3) is 5.91 Å². The van der Waals surface area contributed by atoms with Crippen molar-refractivity contribution in [3.05, 3.63) is 77.1 Å². The standard InChI is InChI=1S/C30H33F3N6O3/c1-37-25(28(29(34)41)36-26(37)13-18-4-2-5-20(12-18)42-30(31,32)33)14-21-22-15-38(16-23(21)22)17-27(40)39-11-3-6-24(39)19-7-9-35-10-8-19/h2,4-5,7-10,12,21-24H,3,6,11,13-17H2,1H3,(H2,34,41). The van der Waals surface area contributed by atoms with Crippen LogP contribution in [0.1, 0.15) is 52.0 Å². The highest BCUT2D eigenvalue weighted by atomic mass is 19.4. The van der Waals surface area contributed by atoms with Crippen LogP contribution in [0.3, 0.4) is 0 Å². The number of ether oxygens (including phenoxy) is 1. The lowest BCUT2D eigenvalue weighted by molar-refractivity contribution is -0.274. The predicted octanol–water partition coefficient (Wildman–Crippen LogP) is 3.49. The van der Waals surface area contributed by atoms with E-state index in [9.17, 15) is 22.8 Å². The number of amides is 2. The SMILES string of the molecule is Cn1c(Cc2cccc(OC(F)(F)F)c2)nc(C(N)=O)c1CC1C2CN(CC(=O)N3CCCC3c3ccncc3)CC12. The Kier molecular flexibility index (Phi) is 7.42. The van der Waals surface area contributed by atoms with Crippen molar-refractivity contribution >= 4 is 11.8 Å². The van der Waals surface area contributed by atoms with Gasteiger partial charge in [-0.15, -0.1) is 13.2 Å². The molecular formula is C30H33F3N6O3. The zero-order chi connectivity index (χ0) is 29.6. The molecule has 3 aliphatic rings. The largest absolute Gasteiger partial charge is 0.573 e. The van der Waals surface area contributed by atoms with Gasteiger partial charge in [-0.25, -0.2) is 4.98 Å². The van der Waals surface area contributed by atoms with E-state index in [1.807, 2.05) is 21.6 Å². The van der Waals surface area contributed by atoms with Crippen LogP contribution < -0.4 is 10.5 Å². The number of piperidine rings is 1. The molecule has 6 rings (SSSR count). The van der Waals surface area contributed by atoms with Crippen molar-refractivity contribution in [1.29, 1.82) is 0 Å². The van der Waals surface area contributed by atoms with E-state index in [1.165, 1.54) is 18.2 Å². The van der Waals surface area contributed by atoms with Crippen molar-refractivity contribution in [2.24, 2.45) is 30.5 Å². The van der Waals surface area contributed by atoms with Crippen LogP contribution in [-0.4, -0.2) is 68.7 Å². The predicted molar refractivity (Wildman–Crippen MR) is 146 cm³/mol. The van der Waals surface area contributed by atoms with Crippen molar-refractivity contribution in [3.8, 4) is 5.75 Å². The van der Waals surface area contributed by atoms with Gasteiger partial charge in [-0.2, -0.15) is 0 Å². The molecule has 2 aliphatic heterocycles. The quantitative estimate of drug-likeness (QED) is 0.414. The monoisotopic (exact) mass is 582 g/mol. The Bertz CT molecular complexity index is 1460. The molecule has 0 bridgehead atoms. The third-order valence-electron chi connectivity index (χ3n) is 8.93. The number of rotatable bonds is 9. The Labute approximate surface area is 241 Å². The zero-order valence-electron chi connectivity index (χ0n) is 23.3. The lowest BCUT2D eigenvalue weighted by Gasteiger charge is -2.28. The van der Waals surface area contributed by atoms with Crippen LogP contribution >= 0.6 is 0 Å². The summed E-state index contributed by atoms with van der Waals surface area (Å²) in [6.45, 7) is 2.84. The highest BCUT2D eigenvalue weighted by Gasteiger charge is 2.56. The Morgan fingerprint density at radius 1 is 1.12 bits per heavy atom. The number of nitrogens with two attached hydrogens (primary N) is 1. The minimum atomic E-state index is -4.78. The van der Waals surface area contributed by atoms with Gasteiger partial charge in [0.15, 0.2) is 0 Å². The van der Waals surface area contributed by atoms with Crippen molar-refractivity contribution in [2.75, 3.05) is 26.2 Å². The molecular weight excluding hydrogens is 549 g/mol. The molecule has 3 fully saturated rings. The molecule has 42 heavy (non-hydrogen) atoms. The van der Waals surface area contributed by atoms with Crippen LogP contribution in [0.25, 0.3) is 0 Å². The third-order valence-corrected chi connectivity index (χ3v) is 8.93. The number of aromatic nitrogens is 3. The van der Waals surface area contributed by atoms with E-state index in [0.717, 1.165) is 43.7 Å². The summed E-state index contributed by atoms with van der Waals surface area (Å²) >= 11 is 0. The number of halogens is 3. The number of benzene rings is 1. The lowest BCUT2D eigenvalue weighted by atomic mass is 10.1. The van der Waals surface area contributed by atoms with Gasteiger partial charge in [0.1, 0.15) is 17.3 Å². The summed E-state index contributed by atoms with van der Waals surface area (Å²) in [5, 5.41) is 0. The van der Waals surface area contributed by atoms with E-state index in [1.54, 1.807) is 25.5 Å². The number of imidazole rings is 1. The summed E-state index contributed by atoms with van der Waals surface area (Å²) < 4.78 is 43.8. The number of fused-ring (bicyclic) bond motifs is 1. The number of nitrogens with zero attached hydrogens (tertiary/aromatic N) is 5. The van der Waals surface area contributed by atoms with Gasteiger partial charge < -0.3 is 19.9 Å². The minimum Gasteiger partial charge on any atom is -0.406 e. The van der Waals surface area contributed by atoms with Gasteiger partial charge in [0.05, 0.1) is 18.3 Å². The Hall–Kier alpha value is -3.93. The van der Waals surface area contributed by atoms with E-state index in [4.69, 9.17) is 5.73 Å². The van der Waals surface area contributed by atoms with Gasteiger partial charge in [0.2, 0.25) is 5.91 Å². The lowest BCUT2D eigenvalue weighted by Crippen LogP contribution is -2.40. The second-order valence-electron chi connectivity index (χ2n) is 11.5.